The lowest BCUT2D eigenvalue weighted by Crippen LogP contribution is -2.21. The summed E-state index contributed by atoms with van der Waals surface area (Å²) in [6.45, 7) is 27.1. The average Bonchev–Trinajstić information content (AvgIpc) is 2.93. The van der Waals surface area contributed by atoms with E-state index < -0.39 is 26.9 Å². The standard InChI is InChI=1S/C42H54O5S/c1-26-18-20-29(21-19-26)48(45,46)47-35-17-15-14-16-30(35)36(31-22-27(39(2,3)4)24-33(37(31)43)41(8,9)10)32-23-28(40(5,6)7)25-34(38(32)44)42(11,12)13/h14-25,36,43-44H,1-13H3. The van der Waals surface area contributed by atoms with Crippen LogP contribution < -0.4 is 4.18 Å². The van der Waals surface area contributed by atoms with E-state index in [4.69, 9.17) is 4.18 Å². The van der Waals surface area contributed by atoms with Gasteiger partial charge in [0.05, 0.1) is 0 Å². The second-order valence-electron chi connectivity index (χ2n) is 17.2. The first kappa shape index (κ1) is 37.1. The minimum atomic E-state index is -4.22. The van der Waals surface area contributed by atoms with E-state index in [1.807, 2.05) is 31.2 Å². The zero-order valence-electron chi connectivity index (χ0n) is 31.0. The third-order valence-corrected chi connectivity index (χ3v) is 10.2. The van der Waals surface area contributed by atoms with Crippen molar-refractivity contribution in [1.29, 1.82) is 0 Å². The van der Waals surface area contributed by atoms with Crippen molar-refractivity contribution in [3.8, 4) is 17.2 Å². The van der Waals surface area contributed by atoms with Crippen molar-refractivity contribution in [3.05, 3.63) is 117 Å². The Morgan fingerprint density at radius 2 is 0.979 bits per heavy atom. The lowest BCUT2D eigenvalue weighted by atomic mass is 9.72. The maximum atomic E-state index is 13.7. The maximum absolute atomic E-state index is 13.7. The normalized spacial score (nSPS) is 13.2. The van der Waals surface area contributed by atoms with Gasteiger partial charge in [0, 0.05) is 22.6 Å². The van der Waals surface area contributed by atoms with Crippen molar-refractivity contribution in [2.24, 2.45) is 0 Å². The van der Waals surface area contributed by atoms with Gasteiger partial charge in [-0.25, -0.2) is 0 Å². The Balaban J connectivity index is 2.18. The first-order valence-electron chi connectivity index (χ1n) is 16.7. The fraction of sp³-hybridized carbons (Fsp3) is 0.429. The van der Waals surface area contributed by atoms with Crippen LogP contribution in [0.25, 0.3) is 0 Å². The molecule has 0 bridgehead atoms. The van der Waals surface area contributed by atoms with Crippen LogP contribution in [0.15, 0.2) is 77.7 Å². The van der Waals surface area contributed by atoms with Gasteiger partial charge >= 0.3 is 10.1 Å². The number of hydrogen-bond donors (Lipinski definition) is 2. The van der Waals surface area contributed by atoms with E-state index in [0.29, 0.717) is 16.7 Å². The minimum Gasteiger partial charge on any atom is -0.507 e. The van der Waals surface area contributed by atoms with Gasteiger partial charge in [-0.1, -0.05) is 143 Å². The number of aryl methyl sites for hydroxylation is 1. The molecule has 48 heavy (non-hydrogen) atoms. The summed E-state index contributed by atoms with van der Waals surface area (Å²) in [4.78, 5) is 0.0413. The lowest BCUT2D eigenvalue weighted by Gasteiger charge is -2.33. The summed E-state index contributed by atoms with van der Waals surface area (Å²) < 4.78 is 33.4. The van der Waals surface area contributed by atoms with Crippen LogP contribution in [0, 0.1) is 6.92 Å². The molecule has 0 radical (unpaired) electrons. The van der Waals surface area contributed by atoms with Gasteiger partial charge in [-0.2, -0.15) is 8.42 Å². The van der Waals surface area contributed by atoms with Gasteiger partial charge in [0.25, 0.3) is 0 Å². The van der Waals surface area contributed by atoms with Crippen LogP contribution in [0.1, 0.15) is 134 Å². The molecule has 0 aliphatic heterocycles. The molecule has 0 amide bonds. The van der Waals surface area contributed by atoms with Crippen molar-refractivity contribution in [2.45, 2.75) is 122 Å². The van der Waals surface area contributed by atoms with Crippen molar-refractivity contribution in [3.63, 3.8) is 0 Å². The molecule has 0 aliphatic rings. The monoisotopic (exact) mass is 670 g/mol. The fourth-order valence-corrected chi connectivity index (χ4v) is 6.89. The maximum Gasteiger partial charge on any atom is 0.339 e. The molecule has 2 N–H and O–H groups in total. The van der Waals surface area contributed by atoms with E-state index in [0.717, 1.165) is 27.8 Å². The highest BCUT2D eigenvalue weighted by Crippen LogP contribution is 2.50. The summed E-state index contributed by atoms with van der Waals surface area (Å²) >= 11 is 0. The Labute approximate surface area is 289 Å². The molecule has 0 saturated heterocycles. The van der Waals surface area contributed by atoms with Gasteiger partial charge in [-0.05, 0) is 69.0 Å². The number of phenols is 2. The average molecular weight is 671 g/mol. The summed E-state index contributed by atoms with van der Waals surface area (Å²) in [6, 6.07) is 21.7. The van der Waals surface area contributed by atoms with Crippen molar-refractivity contribution >= 4 is 10.1 Å². The number of phenolic OH excluding ortho intramolecular Hbond substituents is 2. The van der Waals surface area contributed by atoms with Crippen LogP contribution in [0.4, 0.5) is 0 Å². The third kappa shape index (κ3) is 7.75. The Kier molecular flexibility index (Phi) is 9.73. The van der Waals surface area contributed by atoms with Crippen LogP contribution in [-0.2, 0) is 31.8 Å². The largest absolute Gasteiger partial charge is 0.507 e. The summed E-state index contributed by atoms with van der Waals surface area (Å²) in [5, 5.41) is 24.5. The molecular weight excluding hydrogens is 617 g/mol. The Morgan fingerprint density at radius 1 is 0.562 bits per heavy atom. The molecule has 0 unspecified atom stereocenters. The Morgan fingerprint density at radius 3 is 1.38 bits per heavy atom. The van der Waals surface area contributed by atoms with Gasteiger partial charge in [0.1, 0.15) is 22.1 Å². The van der Waals surface area contributed by atoms with Gasteiger partial charge in [0.2, 0.25) is 0 Å². The van der Waals surface area contributed by atoms with Crippen LogP contribution in [-0.4, -0.2) is 18.6 Å². The molecule has 4 aromatic carbocycles. The fourth-order valence-electron chi connectivity index (χ4n) is 5.93. The van der Waals surface area contributed by atoms with E-state index in [2.05, 4.69) is 95.2 Å². The molecule has 0 heterocycles. The van der Waals surface area contributed by atoms with Gasteiger partial charge < -0.3 is 14.4 Å². The highest BCUT2D eigenvalue weighted by atomic mass is 32.2. The summed E-state index contributed by atoms with van der Waals surface area (Å²) in [5.74, 6) is -0.454. The number of para-hydroxylation sites is 1. The van der Waals surface area contributed by atoms with Crippen molar-refractivity contribution in [2.75, 3.05) is 0 Å². The quantitative estimate of drug-likeness (QED) is 0.158. The smallest absolute Gasteiger partial charge is 0.339 e. The molecule has 0 spiro atoms. The molecule has 258 valence electrons. The zero-order chi connectivity index (χ0) is 36.2. The third-order valence-electron chi connectivity index (χ3n) is 8.99. The molecule has 6 heteroatoms. The van der Waals surface area contributed by atoms with Crippen molar-refractivity contribution < 1.29 is 22.8 Å². The SMILES string of the molecule is Cc1ccc(S(=O)(=O)Oc2ccccc2C(c2cc(C(C)(C)C)cc(C(C)(C)C)c2O)c2cc(C(C)(C)C)cc(C(C)(C)C)c2O)cc1. The molecule has 0 fully saturated rings. The molecule has 0 aliphatic carbocycles. The molecule has 5 nitrogen and oxygen atoms in total. The van der Waals surface area contributed by atoms with Crippen LogP contribution in [0.3, 0.4) is 0 Å². The number of aromatic hydroxyl groups is 2. The van der Waals surface area contributed by atoms with Gasteiger partial charge in [0.15, 0.2) is 0 Å². The molecule has 4 rings (SSSR count). The second-order valence-corrected chi connectivity index (χ2v) is 18.8. The van der Waals surface area contributed by atoms with Gasteiger partial charge in [-0.15, -0.1) is 0 Å². The molecule has 4 aromatic rings. The molecule has 0 atom stereocenters. The van der Waals surface area contributed by atoms with E-state index in [-0.39, 0.29) is 33.0 Å². The summed E-state index contributed by atoms with van der Waals surface area (Å²) in [6.07, 6.45) is 0. The van der Waals surface area contributed by atoms with Crippen LogP contribution >= 0.6 is 0 Å². The Hall–Kier alpha value is -3.77. The highest BCUT2D eigenvalue weighted by Gasteiger charge is 2.35. The topological polar surface area (TPSA) is 83.8 Å². The Bertz CT molecular complexity index is 1830. The number of benzene rings is 4. The van der Waals surface area contributed by atoms with E-state index in [9.17, 15) is 18.6 Å². The van der Waals surface area contributed by atoms with E-state index >= 15 is 0 Å². The summed E-state index contributed by atoms with van der Waals surface area (Å²) in [7, 11) is -4.22. The first-order chi connectivity index (χ1) is 21.8. The molecule has 0 saturated carbocycles. The molecular formula is C42H54O5S. The molecule has 0 aromatic heterocycles. The number of hydrogen-bond acceptors (Lipinski definition) is 5. The predicted octanol–water partition coefficient (Wildman–Crippen LogP) is 10.5. The van der Waals surface area contributed by atoms with Crippen LogP contribution in [0.2, 0.25) is 0 Å². The second kappa shape index (κ2) is 12.6. The minimum absolute atomic E-state index is 0.0413. The van der Waals surface area contributed by atoms with E-state index in [1.54, 1.807) is 24.3 Å². The first-order valence-corrected chi connectivity index (χ1v) is 18.1. The van der Waals surface area contributed by atoms with E-state index in [1.165, 1.54) is 12.1 Å². The van der Waals surface area contributed by atoms with Gasteiger partial charge in [-0.3, -0.25) is 0 Å². The number of rotatable bonds is 6. The summed E-state index contributed by atoms with van der Waals surface area (Å²) in [5.41, 5.74) is 4.76. The zero-order valence-corrected chi connectivity index (χ0v) is 31.8. The predicted molar refractivity (Wildman–Crippen MR) is 197 cm³/mol. The van der Waals surface area contributed by atoms with Crippen molar-refractivity contribution in [1.82, 2.24) is 0 Å². The van der Waals surface area contributed by atoms with Crippen LogP contribution in [0.5, 0.6) is 17.2 Å². The highest BCUT2D eigenvalue weighted by molar-refractivity contribution is 7.87. The lowest BCUT2D eigenvalue weighted by molar-refractivity contribution is 0.428.